The van der Waals surface area contributed by atoms with Crippen LogP contribution >= 0.6 is 0 Å². The van der Waals surface area contributed by atoms with Crippen LogP contribution in [0.1, 0.15) is 12.0 Å². The van der Waals surface area contributed by atoms with Crippen molar-refractivity contribution in [2.24, 2.45) is 0 Å². The highest BCUT2D eigenvalue weighted by Crippen LogP contribution is 2.17. The normalized spacial score (nSPS) is 14.4. The molecule has 0 saturated carbocycles. The van der Waals surface area contributed by atoms with Gasteiger partial charge in [0, 0.05) is 6.42 Å². The standard InChI is InChI=1S/C13H17FO2/c1-2-8-13(14,10-15)11-16-9-12-6-4-3-5-7-12/h2-7,15H,1,8-11H2/t13-/m0/s1. The van der Waals surface area contributed by atoms with Crippen LogP contribution < -0.4 is 0 Å². The average Bonchev–Trinajstić information content (AvgIpc) is 2.31. The summed E-state index contributed by atoms with van der Waals surface area (Å²) in [5.41, 5.74) is -0.724. The first-order valence-electron chi connectivity index (χ1n) is 5.22. The van der Waals surface area contributed by atoms with Gasteiger partial charge in [-0.15, -0.1) is 6.58 Å². The van der Waals surface area contributed by atoms with Gasteiger partial charge in [-0.1, -0.05) is 36.4 Å². The number of aliphatic hydroxyl groups is 1. The molecule has 3 heteroatoms. The Morgan fingerprint density at radius 3 is 2.62 bits per heavy atom. The number of hydrogen-bond acceptors (Lipinski definition) is 2. The molecule has 0 aromatic heterocycles. The van der Waals surface area contributed by atoms with Crippen LogP contribution in [0, 0.1) is 0 Å². The maximum atomic E-state index is 13.8. The third-order valence-corrected chi connectivity index (χ3v) is 2.27. The molecule has 0 radical (unpaired) electrons. The first-order chi connectivity index (χ1) is 7.70. The van der Waals surface area contributed by atoms with Gasteiger partial charge in [-0.05, 0) is 5.56 Å². The van der Waals surface area contributed by atoms with Crippen molar-refractivity contribution in [3.05, 3.63) is 48.6 Å². The second-order valence-corrected chi connectivity index (χ2v) is 3.78. The summed E-state index contributed by atoms with van der Waals surface area (Å²) in [6, 6.07) is 9.53. The molecule has 88 valence electrons. The molecular weight excluding hydrogens is 207 g/mol. The summed E-state index contributed by atoms with van der Waals surface area (Å²) >= 11 is 0. The number of hydrogen-bond donors (Lipinski definition) is 1. The lowest BCUT2D eigenvalue weighted by Crippen LogP contribution is -2.33. The Balaban J connectivity index is 2.36. The van der Waals surface area contributed by atoms with E-state index in [1.54, 1.807) is 0 Å². The molecule has 0 bridgehead atoms. The molecule has 0 saturated heterocycles. The summed E-state index contributed by atoms with van der Waals surface area (Å²) in [6.07, 6.45) is 1.54. The number of alkyl halides is 1. The second-order valence-electron chi connectivity index (χ2n) is 3.78. The van der Waals surface area contributed by atoms with Crippen LogP contribution in [0.3, 0.4) is 0 Å². The molecule has 0 spiro atoms. The largest absolute Gasteiger partial charge is 0.393 e. The molecule has 1 N–H and O–H groups in total. The van der Waals surface area contributed by atoms with Crippen molar-refractivity contribution in [3.8, 4) is 0 Å². The lowest BCUT2D eigenvalue weighted by atomic mass is 10.0. The van der Waals surface area contributed by atoms with Crippen LogP contribution in [0.4, 0.5) is 4.39 Å². The molecule has 0 unspecified atom stereocenters. The predicted octanol–water partition coefficient (Wildman–Crippen LogP) is 2.48. The summed E-state index contributed by atoms with van der Waals surface area (Å²) in [4.78, 5) is 0. The lowest BCUT2D eigenvalue weighted by molar-refractivity contribution is -0.0242. The third kappa shape index (κ3) is 4.13. The minimum atomic E-state index is -1.71. The Kier molecular flexibility index (Phi) is 5.15. The Labute approximate surface area is 95.4 Å². The number of rotatable bonds is 7. The van der Waals surface area contributed by atoms with Crippen molar-refractivity contribution in [1.29, 1.82) is 0 Å². The molecule has 16 heavy (non-hydrogen) atoms. The molecular formula is C13H17FO2. The summed E-state index contributed by atoms with van der Waals surface area (Å²) in [5.74, 6) is 0. The van der Waals surface area contributed by atoms with Gasteiger partial charge in [0.2, 0.25) is 0 Å². The van der Waals surface area contributed by atoms with E-state index in [0.29, 0.717) is 6.61 Å². The first kappa shape index (κ1) is 12.9. The van der Waals surface area contributed by atoms with Crippen LogP contribution in [0.25, 0.3) is 0 Å². The van der Waals surface area contributed by atoms with E-state index >= 15 is 0 Å². The highest BCUT2D eigenvalue weighted by molar-refractivity contribution is 5.13. The number of benzene rings is 1. The van der Waals surface area contributed by atoms with Crippen molar-refractivity contribution >= 4 is 0 Å². The van der Waals surface area contributed by atoms with Crippen LogP contribution in [0.5, 0.6) is 0 Å². The smallest absolute Gasteiger partial charge is 0.160 e. The van der Waals surface area contributed by atoms with E-state index in [2.05, 4.69) is 6.58 Å². The highest BCUT2D eigenvalue weighted by Gasteiger charge is 2.27. The van der Waals surface area contributed by atoms with E-state index in [0.717, 1.165) is 5.56 Å². The van der Waals surface area contributed by atoms with Gasteiger partial charge in [-0.25, -0.2) is 4.39 Å². The zero-order chi connectivity index (χ0) is 11.9. The number of halogens is 1. The summed E-state index contributed by atoms with van der Waals surface area (Å²) in [5, 5.41) is 8.91. The molecule has 0 aliphatic rings. The van der Waals surface area contributed by atoms with E-state index in [4.69, 9.17) is 9.84 Å². The highest BCUT2D eigenvalue weighted by atomic mass is 19.1. The minimum Gasteiger partial charge on any atom is -0.393 e. The van der Waals surface area contributed by atoms with Crippen molar-refractivity contribution in [2.75, 3.05) is 13.2 Å². The third-order valence-electron chi connectivity index (χ3n) is 2.27. The molecule has 2 nitrogen and oxygen atoms in total. The van der Waals surface area contributed by atoms with Crippen molar-refractivity contribution in [2.45, 2.75) is 18.7 Å². The van der Waals surface area contributed by atoms with E-state index in [1.807, 2.05) is 30.3 Å². The van der Waals surface area contributed by atoms with Crippen molar-refractivity contribution < 1.29 is 14.2 Å². The van der Waals surface area contributed by atoms with Gasteiger partial charge in [-0.2, -0.15) is 0 Å². The Bertz CT molecular complexity index is 313. The number of ether oxygens (including phenoxy) is 1. The van der Waals surface area contributed by atoms with Gasteiger partial charge in [0.25, 0.3) is 0 Å². The van der Waals surface area contributed by atoms with E-state index in [1.165, 1.54) is 6.08 Å². The fourth-order valence-corrected chi connectivity index (χ4v) is 1.35. The van der Waals surface area contributed by atoms with Gasteiger partial charge in [0.05, 0.1) is 19.8 Å². The number of allylic oxidation sites excluding steroid dienone is 1. The average molecular weight is 224 g/mol. The fourth-order valence-electron chi connectivity index (χ4n) is 1.35. The Morgan fingerprint density at radius 2 is 2.06 bits per heavy atom. The molecule has 1 aromatic rings. The molecule has 0 amide bonds. The van der Waals surface area contributed by atoms with Crippen LogP contribution in [0.2, 0.25) is 0 Å². The van der Waals surface area contributed by atoms with Crippen LogP contribution in [-0.4, -0.2) is 24.0 Å². The van der Waals surface area contributed by atoms with E-state index in [-0.39, 0.29) is 13.0 Å². The second kappa shape index (κ2) is 6.40. The molecule has 1 aromatic carbocycles. The monoisotopic (exact) mass is 224 g/mol. The summed E-state index contributed by atoms with van der Waals surface area (Å²) in [6.45, 7) is 3.14. The fraction of sp³-hybridized carbons (Fsp3) is 0.385. The zero-order valence-electron chi connectivity index (χ0n) is 9.23. The lowest BCUT2D eigenvalue weighted by Gasteiger charge is -2.21. The molecule has 0 fully saturated rings. The predicted molar refractivity (Wildman–Crippen MR) is 61.8 cm³/mol. The van der Waals surface area contributed by atoms with Crippen molar-refractivity contribution in [3.63, 3.8) is 0 Å². The van der Waals surface area contributed by atoms with Gasteiger partial charge in [-0.3, -0.25) is 0 Å². The molecule has 0 heterocycles. The molecule has 1 atom stereocenters. The zero-order valence-corrected chi connectivity index (χ0v) is 9.23. The molecule has 0 aliphatic carbocycles. The Morgan fingerprint density at radius 1 is 1.38 bits per heavy atom. The Hall–Kier alpha value is -1.19. The minimum absolute atomic E-state index is 0.0955. The maximum absolute atomic E-state index is 13.8. The van der Waals surface area contributed by atoms with E-state index in [9.17, 15) is 4.39 Å². The maximum Gasteiger partial charge on any atom is 0.160 e. The first-order valence-corrected chi connectivity index (χ1v) is 5.22. The summed E-state index contributed by atoms with van der Waals surface area (Å²) in [7, 11) is 0. The van der Waals surface area contributed by atoms with Gasteiger partial charge in [0.1, 0.15) is 0 Å². The van der Waals surface area contributed by atoms with Crippen molar-refractivity contribution in [1.82, 2.24) is 0 Å². The quantitative estimate of drug-likeness (QED) is 0.721. The summed E-state index contributed by atoms with van der Waals surface area (Å²) < 4.78 is 19.0. The number of aliphatic hydroxyl groups excluding tert-OH is 1. The van der Waals surface area contributed by atoms with Gasteiger partial charge in [0.15, 0.2) is 5.67 Å². The topological polar surface area (TPSA) is 29.5 Å². The molecule has 1 rings (SSSR count). The van der Waals surface area contributed by atoms with Crippen LogP contribution in [-0.2, 0) is 11.3 Å². The van der Waals surface area contributed by atoms with Crippen LogP contribution in [0.15, 0.2) is 43.0 Å². The van der Waals surface area contributed by atoms with Gasteiger partial charge >= 0.3 is 0 Å². The van der Waals surface area contributed by atoms with E-state index < -0.39 is 12.3 Å². The van der Waals surface area contributed by atoms with Gasteiger partial charge < -0.3 is 9.84 Å². The SMILES string of the molecule is C=CC[C@](F)(CO)COCc1ccccc1. The molecule has 0 aliphatic heterocycles.